The fraction of sp³-hybridized carbons (Fsp3) is 0.167. The number of allylic oxidation sites excluding steroid dienone is 1. The minimum Gasteiger partial charge on any atom is -0.360 e. The van der Waals surface area contributed by atoms with E-state index in [9.17, 15) is 0 Å². The predicted molar refractivity (Wildman–Crippen MR) is 35.8 cm³/mol. The molecule has 0 unspecified atom stereocenters. The van der Waals surface area contributed by atoms with E-state index in [1.165, 1.54) is 0 Å². The first-order valence-electron chi connectivity index (χ1n) is 2.88. The van der Waals surface area contributed by atoms with Gasteiger partial charge in [-0.3, -0.25) is 4.99 Å². The lowest BCUT2D eigenvalue weighted by molar-refractivity contribution is 0.912. The van der Waals surface area contributed by atoms with Crippen LogP contribution < -0.4 is 10.6 Å². The van der Waals surface area contributed by atoms with Crippen molar-refractivity contribution in [3.63, 3.8) is 0 Å². The fourth-order valence-electron chi connectivity index (χ4n) is 0.913. The van der Waals surface area contributed by atoms with Crippen molar-refractivity contribution >= 4 is 6.21 Å². The maximum atomic E-state index is 4.06. The molecule has 2 aliphatic heterocycles. The largest absolute Gasteiger partial charge is 0.360 e. The Bertz CT molecular complexity index is 212. The lowest BCUT2D eigenvalue weighted by Gasteiger charge is -2.09. The first-order chi connectivity index (χ1) is 4.47. The SMILES string of the molecule is C1=CNC2=C(C=NC2)N1. The molecule has 9 heavy (non-hydrogen) atoms. The Morgan fingerprint density at radius 1 is 1.33 bits per heavy atom. The van der Waals surface area contributed by atoms with E-state index in [4.69, 9.17) is 0 Å². The van der Waals surface area contributed by atoms with E-state index in [0.29, 0.717) is 0 Å². The van der Waals surface area contributed by atoms with Gasteiger partial charge in [-0.15, -0.1) is 0 Å². The summed E-state index contributed by atoms with van der Waals surface area (Å²) in [5.74, 6) is 0. The highest BCUT2D eigenvalue weighted by molar-refractivity contribution is 5.82. The van der Waals surface area contributed by atoms with Gasteiger partial charge in [0.15, 0.2) is 0 Å². The molecule has 0 atom stereocenters. The van der Waals surface area contributed by atoms with Gasteiger partial charge in [-0.05, 0) is 0 Å². The zero-order valence-corrected chi connectivity index (χ0v) is 4.89. The lowest BCUT2D eigenvalue weighted by atomic mass is 10.3. The monoisotopic (exact) mass is 121 g/mol. The van der Waals surface area contributed by atoms with Gasteiger partial charge in [0, 0.05) is 18.6 Å². The molecular formula is C6H7N3. The number of hydrogen-bond donors (Lipinski definition) is 2. The molecule has 46 valence electrons. The highest BCUT2D eigenvalue weighted by atomic mass is 15.0. The van der Waals surface area contributed by atoms with Crippen molar-refractivity contribution < 1.29 is 0 Å². The summed E-state index contributed by atoms with van der Waals surface area (Å²) in [6.45, 7) is 0.784. The Kier molecular flexibility index (Phi) is 0.828. The first-order valence-corrected chi connectivity index (χ1v) is 2.88. The van der Waals surface area contributed by atoms with E-state index in [0.717, 1.165) is 17.9 Å². The molecular weight excluding hydrogens is 114 g/mol. The van der Waals surface area contributed by atoms with Gasteiger partial charge in [0.05, 0.1) is 17.9 Å². The Balaban J connectivity index is 2.28. The summed E-state index contributed by atoms with van der Waals surface area (Å²) >= 11 is 0. The van der Waals surface area contributed by atoms with E-state index < -0.39 is 0 Å². The van der Waals surface area contributed by atoms with Crippen LogP contribution in [0.25, 0.3) is 0 Å². The highest BCUT2D eigenvalue weighted by Crippen LogP contribution is 2.06. The van der Waals surface area contributed by atoms with Crippen LogP contribution in [0.1, 0.15) is 0 Å². The van der Waals surface area contributed by atoms with E-state index in [-0.39, 0.29) is 0 Å². The molecule has 2 rings (SSSR count). The topological polar surface area (TPSA) is 36.4 Å². The van der Waals surface area contributed by atoms with Crippen LogP contribution >= 0.6 is 0 Å². The minimum atomic E-state index is 0.784. The van der Waals surface area contributed by atoms with Crippen molar-refractivity contribution in [2.24, 2.45) is 4.99 Å². The highest BCUT2D eigenvalue weighted by Gasteiger charge is 2.09. The molecule has 2 N–H and O–H groups in total. The molecule has 3 heteroatoms. The van der Waals surface area contributed by atoms with Gasteiger partial charge < -0.3 is 10.6 Å². The zero-order chi connectivity index (χ0) is 6.10. The Hall–Kier alpha value is -1.25. The Morgan fingerprint density at radius 3 is 3.11 bits per heavy atom. The van der Waals surface area contributed by atoms with Crippen LogP contribution in [-0.4, -0.2) is 12.8 Å². The summed E-state index contributed by atoms with van der Waals surface area (Å²) in [7, 11) is 0. The average molecular weight is 121 g/mol. The number of aliphatic imine (C=N–C) groups is 1. The summed E-state index contributed by atoms with van der Waals surface area (Å²) in [5.41, 5.74) is 2.26. The molecule has 2 heterocycles. The lowest BCUT2D eigenvalue weighted by Crippen LogP contribution is -2.20. The van der Waals surface area contributed by atoms with Gasteiger partial charge in [0.2, 0.25) is 0 Å². The average Bonchev–Trinajstić information content (AvgIpc) is 2.33. The molecule has 0 bridgehead atoms. The summed E-state index contributed by atoms with van der Waals surface area (Å²) in [6, 6.07) is 0. The third-order valence-corrected chi connectivity index (χ3v) is 1.37. The molecule has 0 saturated heterocycles. The van der Waals surface area contributed by atoms with Crippen LogP contribution in [0.15, 0.2) is 28.8 Å². The van der Waals surface area contributed by atoms with Crippen LogP contribution in [0, 0.1) is 0 Å². The van der Waals surface area contributed by atoms with Gasteiger partial charge in [0.25, 0.3) is 0 Å². The molecule has 0 radical (unpaired) electrons. The molecule has 0 aromatic heterocycles. The van der Waals surface area contributed by atoms with Crippen molar-refractivity contribution in [3.05, 3.63) is 23.8 Å². The normalized spacial score (nSPS) is 21.3. The van der Waals surface area contributed by atoms with Crippen molar-refractivity contribution in [3.8, 4) is 0 Å². The second-order valence-electron chi connectivity index (χ2n) is 1.98. The van der Waals surface area contributed by atoms with Gasteiger partial charge in [-0.1, -0.05) is 0 Å². The second kappa shape index (κ2) is 1.62. The van der Waals surface area contributed by atoms with Gasteiger partial charge >= 0.3 is 0 Å². The summed E-state index contributed by atoms with van der Waals surface area (Å²) in [4.78, 5) is 4.06. The van der Waals surface area contributed by atoms with Crippen molar-refractivity contribution in [2.45, 2.75) is 0 Å². The molecule has 0 amide bonds. The molecule has 0 spiro atoms. The number of nitrogens with one attached hydrogen (secondary N) is 2. The smallest absolute Gasteiger partial charge is 0.0812 e. The summed E-state index contributed by atoms with van der Waals surface area (Å²) < 4.78 is 0. The summed E-state index contributed by atoms with van der Waals surface area (Å²) in [6.07, 6.45) is 5.56. The Morgan fingerprint density at radius 2 is 2.22 bits per heavy atom. The quantitative estimate of drug-likeness (QED) is 0.471. The molecule has 0 aromatic rings. The van der Waals surface area contributed by atoms with Crippen molar-refractivity contribution in [1.82, 2.24) is 10.6 Å². The van der Waals surface area contributed by atoms with E-state index >= 15 is 0 Å². The molecule has 0 fully saturated rings. The van der Waals surface area contributed by atoms with E-state index in [1.807, 2.05) is 18.6 Å². The zero-order valence-electron chi connectivity index (χ0n) is 4.89. The van der Waals surface area contributed by atoms with Crippen LogP contribution in [0.3, 0.4) is 0 Å². The van der Waals surface area contributed by atoms with Crippen LogP contribution in [0.5, 0.6) is 0 Å². The number of rotatable bonds is 0. The minimum absolute atomic E-state index is 0.784. The molecule has 0 aliphatic carbocycles. The maximum Gasteiger partial charge on any atom is 0.0812 e. The van der Waals surface area contributed by atoms with Crippen LogP contribution in [-0.2, 0) is 0 Å². The fourth-order valence-corrected chi connectivity index (χ4v) is 0.913. The number of hydrogen-bond acceptors (Lipinski definition) is 3. The van der Waals surface area contributed by atoms with E-state index in [2.05, 4.69) is 15.6 Å². The third-order valence-electron chi connectivity index (χ3n) is 1.37. The number of nitrogens with zero attached hydrogens (tertiary/aromatic N) is 1. The van der Waals surface area contributed by atoms with Gasteiger partial charge in [-0.2, -0.15) is 0 Å². The second-order valence-corrected chi connectivity index (χ2v) is 1.98. The summed E-state index contributed by atoms with van der Waals surface area (Å²) in [5, 5.41) is 6.16. The predicted octanol–water partition coefficient (Wildman–Crippen LogP) is -0.0536. The maximum absolute atomic E-state index is 4.06. The Labute approximate surface area is 53.2 Å². The van der Waals surface area contributed by atoms with Crippen molar-refractivity contribution in [2.75, 3.05) is 6.54 Å². The standard InChI is InChI=1S/C6H7N3/c1-2-9-6-4-7-3-5(6)8-1/h1-3,8-9H,4H2. The molecule has 0 aromatic carbocycles. The molecule has 0 saturated carbocycles. The third kappa shape index (κ3) is 0.614. The first kappa shape index (κ1) is 4.61. The molecule has 2 aliphatic rings. The molecule has 3 nitrogen and oxygen atoms in total. The van der Waals surface area contributed by atoms with Gasteiger partial charge in [0.1, 0.15) is 0 Å². The van der Waals surface area contributed by atoms with Crippen LogP contribution in [0.2, 0.25) is 0 Å². The van der Waals surface area contributed by atoms with Crippen LogP contribution in [0.4, 0.5) is 0 Å². The van der Waals surface area contributed by atoms with Gasteiger partial charge in [-0.25, -0.2) is 0 Å². The van der Waals surface area contributed by atoms with Crippen molar-refractivity contribution in [1.29, 1.82) is 0 Å². The van der Waals surface area contributed by atoms with E-state index in [1.54, 1.807) is 0 Å².